The maximum atomic E-state index is 2.30. The van der Waals surface area contributed by atoms with E-state index in [2.05, 4.69) is 27.7 Å². The van der Waals surface area contributed by atoms with Crippen molar-refractivity contribution in [2.24, 2.45) is 11.8 Å². The third-order valence-corrected chi connectivity index (χ3v) is 1.99. The van der Waals surface area contributed by atoms with E-state index in [0.717, 1.165) is 11.8 Å². The molecule has 0 aromatic heterocycles. The Balaban J connectivity index is -0.0000000817. The second kappa shape index (κ2) is 3.94. The maximum Gasteiger partial charge on any atom is 1.00 e. The van der Waals surface area contributed by atoms with E-state index in [4.69, 9.17) is 0 Å². The molecular weight excluding hydrogens is 96.1 g/mol. The predicted octanol–water partition coefficient (Wildman–Crippen LogP) is 3.42. The highest BCUT2D eigenvalue weighted by Gasteiger charge is 2.06. The molecule has 0 atom stereocenters. The molecule has 0 saturated carbocycles. The highest BCUT2D eigenvalue weighted by Crippen LogP contribution is 2.17. The summed E-state index contributed by atoms with van der Waals surface area (Å²) < 4.78 is 0. The molecule has 0 bridgehead atoms. The van der Waals surface area contributed by atoms with Gasteiger partial charge in [-0.05, 0) is 11.8 Å². The van der Waals surface area contributed by atoms with E-state index in [1.165, 1.54) is 12.8 Å². The molecule has 0 aliphatic heterocycles. The third-order valence-electron chi connectivity index (χ3n) is 1.99. The van der Waals surface area contributed by atoms with Crippen LogP contribution in [0.15, 0.2) is 0 Å². The minimum atomic E-state index is 0. The fraction of sp³-hybridized carbons (Fsp3) is 1.00. The Labute approximate surface area is 57.7 Å². The van der Waals surface area contributed by atoms with Gasteiger partial charge in [-0.25, -0.2) is 0 Å². The first-order valence-corrected chi connectivity index (χ1v) is 3.72. The van der Waals surface area contributed by atoms with Crippen LogP contribution in [0.25, 0.3) is 0 Å². The van der Waals surface area contributed by atoms with E-state index in [-0.39, 0.29) is 4.28 Å². The lowest BCUT2D eigenvalue weighted by molar-refractivity contribution is 0.362. The monoisotopic (exact) mass is 117 g/mol. The molecule has 0 nitrogen and oxygen atoms in total. The molecule has 0 aromatic carbocycles. The molecule has 0 radical (unpaired) electrons. The third kappa shape index (κ3) is 2.34. The SMILES string of the molecule is CCC(CC)C(C)C.[H+].[H+].[H+]. The minimum Gasteiger partial charge on any atom is -0.0651 e. The molecule has 0 heterocycles. The fourth-order valence-corrected chi connectivity index (χ4v) is 1.23. The summed E-state index contributed by atoms with van der Waals surface area (Å²) >= 11 is 0. The Morgan fingerprint density at radius 3 is 1.50 bits per heavy atom. The average molecular weight is 117 g/mol. The molecule has 0 spiro atoms. The van der Waals surface area contributed by atoms with E-state index in [0.29, 0.717) is 0 Å². The number of hydrogen-bond acceptors (Lipinski definition) is 0. The van der Waals surface area contributed by atoms with Crippen LogP contribution in [0.3, 0.4) is 0 Å². The lowest BCUT2D eigenvalue weighted by Gasteiger charge is -2.15. The second-order valence-electron chi connectivity index (χ2n) is 2.82. The van der Waals surface area contributed by atoms with Crippen molar-refractivity contribution < 1.29 is 4.28 Å². The van der Waals surface area contributed by atoms with E-state index in [1.54, 1.807) is 0 Å². The van der Waals surface area contributed by atoms with E-state index >= 15 is 0 Å². The van der Waals surface area contributed by atoms with Gasteiger partial charge in [0.05, 0.1) is 0 Å². The Morgan fingerprint density at radius 2 is 1.50 bits per heavy atom. The Morgan fingerprint density at radius 1 is 1.12 bits per heavy atom. The van der Waals surface area contributed by atoms with Crippen LogP contribution in [-0.2, 0) is 0 Å². The van der Waals surface area contributed by atoms with Crippen LogP contribution in [0, 0.1) is 11.8 Å². The van der Waals surface area contributed by atoms with Gasteiger partial charge in [0.2, 0.25) is 0 Å². The lowest BCUT2D eigenvalue weighted by Crippen LogP contribution is -2.04. The van der Waals surface area contributed by atoms with Gasteiger partial charge in [0, 0.05) is 0 Å². The Kier molecular flexibility index (Phi) is 3.94. The van der Waals surface area contributed by atoms with Crippen molar-refractivity contribution in [1.29, 1.82) is 0 Å². The first-order chi connectivity index (χ1) is 3.72. The number of rotatable bonds is 3. The molecule has 0 rings (SSSR count). The molecule has 0 amide bonds. The molecule has 0 unspecified atom stereocenters. The maximum absolute atomic E-state index is 2.30. The molecule has 0 fully saturated rings. The van der Waals surface area contributed by atoms with Crippen LogP contribution >= 0.6 is 0 Å². The highest BCUT2D eigenvalue weighted by molar-refractivity contribution is 4.57. The molecule has 8 heavy (non-hydrogen) atoms. The molecule has 0 N–H and O–H groups in total. The molecule has 0 aliphatic rings. The Bertz CT molecular complexity index is 51.3. The van der Waals surface area contributed by atoms with Crippen molar-refractivity contribution in [3.63, 3.8) is 0 Å². The van der Waals surface area contributed by atoms with Crippen LogP contribution in [0.5, 0.6) is 0 Å². The summed E-state index contributed by atoms with van der Waals surface area (Å²) in [4.78, 5) is 0. The van der Waals surface area contributed by atoms with Gasteiger partial charge >= 0.3 is 4.28 Å². The summed E-state index contributed by atoms with van der Waals surface area (Å²) in [6, 6.07) is 0. The first kappa shape index (κ1) is 8.00. The van der Waals surface area contributed by atoms with E-state index in [9.17, 15) is 0 Å². The largest absolute Gasteiger partial charge is 1.00 e. The number of hydrogen-bond donors (Lipinski definition) is 0. The summed E-state index contributed by atoms with van der Waals surface area (Å²) in [5.74, 6) is 1.83. The summed E-state index contributed by atoms with van der Waals surface area (Å²) in [5.41, 5.74) is 0. The van der Waals surface area contributed by atoms with Crippen molar-refractivity contribution in [2.75, 3.05) is 0 Å². The van der Waals surface area contributed by atoms with Crippen molar-refractivity contribution in [3.8, 4) is 0 Å². The van der Waals surface area contributed by atoms with Gasteiger partial charge in [-0.2, -0.15) is 0 Å². The smallest absolute Gasteiger partial charge is 0.0651 e. The van der Waals surface area contributed by atoms with Gasteiger partial charge < -0.3 is 0 Å². The van der Waals surface area contributed by atoms with Crippen molar-refractivity contribution in [1.82, 2.24) is 0 Å². The molecule has 50 valence electrons. The predicted molar refractivity (Wildman–Crippen MR) is 42.2 cm³/mol. The van der Waals surface area contributed by atoms with Crippen molar-refractivity contribution >= 4 is 0 Å². The van der Waals surface area contributed by atoms with Gasteiger partial charge in [-0.15, -0.1) is 0 Å². The van der Waals surface area contributed by atoms with Gasteiger partial charge in [0.1, 0.15) is 0 Å². The van der Waals surface area contributed by atoms with Crippen LogP contribution < -0.4 is 0 Å². The summed E-state index contributed by atoms with van der Waals surface area (Å²) in [5, 5.41) is 0. The average Bonchev–Trinajstić information content (AvgIpc) is 1.69. The second-order valence-corrected chi connectivity index (χ2v) is 2.82. The zero-order valence-corrected chi connectivity index (χ0v) is 6.57. The zero-order valence-electron chi connectivity index (χ0n) is 9.57. The highest BCUT2D eigenvalue weighted by atomic mass is 14.1. The lowest BCUT2D eigenvalue weighted by atomic mass is 9.91. The fourth-order valence-electron chi connectivity index (χ4n) is 1.23. The summed E-state index contributed by atoms with van der Waals surface area (Å²) in [6.07, 6.45) is 2.68. The van der Waals surface area contributed by atoms with Crippen LogP contribution in [-0.4, -0.2) is 0 Å². The quantitative estimate of drug-likeness (QED) is 0.531. The van der Waals surface area contributed by atoms with Gasteiger partial charge in [-0.1, -0.05) is 40.5 Å². The topological polar surface area (TPSA) is 0 Å². The summed E-state index contributed by atoms with van der Waals surface area (Å²) in [6.45, 7) is 9.15. The normalized spacial score (nSPS) is 11.2. The first-order valence-electron chi connectivity index (χ1n) is 3.72. The van der Waals surface area contributed by atoms with E-state index < -0.39 is 0 Å². The van der Waals surface area contributed by atoms with Crippen LogP contribution in [0.1, 0.15) is 44.8 Å². The molecule has 0 saturated heterocycles. The van der Waals surface area contributed by atoms with Gasteiger partial charge in [0.15, 0.2) is 0 Å². The molecule has 0 aliphatic carbocycles. The zero-order chi connectivity index (χ0) is 6.57. The minimum absolute atomic E-state index is 0. The van der Waals surface area contributed by atoms with Crippen molar-refractivity contribution in [3.05, 3.63) is 0 Å². The summed E-state index contributed by atoms with van der Waals surface area (Å²) in [7, 11) is 0. The van der Waals surface area contributed by atoms with Gasteiger partial charge in [0.25, 0.3) is 0 Å². The molecule has 0 heteroatoms. The van der Waals surface area contributed by atoms with Crippen molar-refractivity contribution in [2.45, 2.75) is 40.5 Å². The van der Waals surface area contributed by atoms with Gasteiger partial charge in [-0.3, -0.25) is 0 Å². The molecular formula is C8H21+3. The standard InChI is InChI=1S/C8H18/c1-5-8(6-2)7(3)4/h7-8H,5-6H2,1-4H3/p+3. The molecule has 0 aromatic rings. The van der Waals surface area contributed by atoms with E-state index in [1.807, 2.05) is 0 Å². The van der Waals surface area contributed by atoms with Crippen LogP contribution in [0.4, 0.5) is 0 Å². The van der Waals surface area contributed by atoms with Crippen LogP contribution in [0.2, 0.25) is 0 Å². The Hall–Kier alpha value is 0.